The minimum atomic E-state index is -0.408. The van der Waals surface area contributed by atoms with E-state index in [9.17, 15) is 9.59 Å². The number of aliphatic hydroxyl groups excluding tert-OH is 1. The van der Waals surface area contributed by atoms with Crippen LogP contribution in [0, 0.1) is 0 Å². The predicted molar refractivity (Wildman–Crippen MR) is 68.6 cm³/mol. The van der Waals surface area contributed by atoms with E-state index in [4.69, 9.17) is 5.11 Å². The largest absolute Gasteiger partial charge is 0.395 e. The summed E-state index contributed by atoms with van der Waals surface area (Å²) in [6.45, 7) is 3.60. The predicted octanol–water partition coefficient (Wildman–Crippen LogP) is -1.62. The normalized spacial score (nSPS) is 16.6. The maximum Gasteiger partial charge on any atom is 0.347 e. The maximum absolute atomic E-state index is 12.1. The molecule has 104 valence electrons. The number of hydrogen-bond acceptors (Lipinski definition) is 5. The van der Waals surface area contributed by atoms with Crippen molar-refractivity contribution in [3.63, 3.8) is 0 Å². The zero-order valence-corrected chi connectivity index (χ0v) is 10.7. The first-order valence-corrected chi connectivity index (χ1v) is 6.33. The van der Waals surface area contributed by atoms with Gasteiger partial charge in [0, 0.05) is 45.1 Å². The lowest BCUT2D eigenvalue weighted by Crippen LogP contribution is -2.50. The van der Waals surface area contributed by atoms with Crippen molar-refractivity contribution in [2.45, 2.75) is 6.54 Å². The van der Waals surface area contributed by atoms with E-state index in [2.05, 4.69) is 9.88 Å². The fourth-order valence-corrected chi connectivity index (χ4v) is 2.12. The number of hydrogen-bond donors (Lipinski definition) is 1. The number of carbonyl (C=O) groups is 1. The summed E-state index contributed by atoms with van der Waals surface area (Å²) in [7, 11) is 0. The Morgan fingerprint density at radius 1 is 1.32 bits per heavy atom. The minimum absolute atomic E-state index is 0.0344. The first kappa shape index (κ1) is 13.7. The molecule has 1 amide bonds. The number of aliphatic hydroxyl groups is 1. The first-order valence-electron chi connectivity index (χ1n) is 6.33. The molecule has 0 radical (unpaired) electrons. The van der Waals surface area contributed by atoms with E-state index in [1.165, 1.54) is 10.8 Å². The highest BCUT2D eigenvalue weighted by atomic mass is 16.3. The van der Waals surface area contributed by atoms with Gasteiger partial charge in [-0.1, -0.05) is 0 Å². The Kier molecular flexibility index (Phi) is 4.64. The van der Waals surface area contributed by atoms with E-state index in [1.54, 1.807) is 17.2 Å². The molecule has 1 fully saturated rings. The van der Waals surface area contributed by atoms with Crippen LogP contribution in [-0.2, 0) is 11.3 Å². The lowest BCUT2D eigenvalue weighted by atomic mass is 10.3. The van der Waals surface area contributed by atoms with Crippen LogP contribution in [0.1, 0.15) is 0 Å². The van der Waals surface area contributed by atoms with Gasteiger partial charge in [-0.25, -0.2) is 9.78 Å². The van der Waals surface area contributed by atoms with E-state index in [-0.39, 0.29) is 19.1 Å². The standard InChI is InChI=1S/C12H18N4O3/c17-9-8-14-4-6-15(7-5-14)11(18)10-16-3-1-2-13-12(16)19/h1-3,17H,4-10H2. The van der Waals surface area contributed by atoms with Crippen molar-refractivity contribution in [1.29, 1.82) is 0 Å². The molecule has 0 aromatic carbocycles. The number of piperazine rings is 1. The van der Waals surface area contributed by atoms with Gasteiger partial charge in [0.25, 0.3) is 0 Å². The molecule has 1 aromatic rings. The van der Waals surface area contributed by atoms with Crippen LogP contribution in [0.3, 0.4) is 0 Å². The van der Waals surface area contributed by atoms with E-state index in [0.29, 0.717) is 19.6 Å². The highest BCUT2D eigenvalue weighted by molar-refractivity contribution is 5.76. The van der Waals surface area contributed by atoms with Crippen LogP contribution in [0.4, 0.5) is 0 Å². The number of nitrogens with zero attached hydrogens (tertiary/aromatic N) is 4. The van der Waals surface area contributed by atoms with Crippen LogP contribution in [-0.4, -0.2) is 69.7 Å². The molecule has 0 atom stereocenters. The first-order chi connectivity index (χ1) is 9.20. The molecule has 0 spiro atoms. The van der Waals surface area contributed by atoms with Crippen molar-refractivity contribution in [3.05, 3.63) is 28.9 Å². The Morgan fingerprint density at radius 3 is 2.68 bits per heavy atom. The second-order valence-corrected chi connectivity index (χ2v) is 4.48. The van der Waals surface area contributed by atoms with Crippen LogP contribution in [0.5, 0.6) is 0 Å². The Bertz CT molecular complexity index is 480. The summed E-state index contributed by atoms with van der Waals surface area (Å²) in [4.78, 5) is 30.9. The molecule has 2 heterocycles. The van der Waals surface area contributed by atoms with Gasteiger partial charge in [0.1, 0.15) is 6.54 Å². The Hall–Kier alpha value is -1.73. The van der Waals surface area contributed by atoms with Gasteiger partial charge in [-0.05, 0) is 6.07 Å². The van der Waals surface area contributed by atoms with E-state index in [1.807, 2.05) is 0 Å². The number of aromatic nitrogens is 2. The van der Waals surface area contributed by atoms with Gasteiger partial charge in [-0.3, -0.25) is 14.3 Å². The molecule has 0 saturated carbocycles. The number of β-amino-alcohol motifs (C(OH)–C–C–N with tert-alkyl or cyclic N) is 1. The summed E-state index contributed by atoms with van der Waals surface area (Å²) in [6.07, 6.45) is 2.98. The monoisotopic (exact) mass is 266 g/mol. The quantitative estimate of drug-likeness (QED) is 0.708. The molecule has 7 nitrogen and oxygen atoms in total. The molecule has 0 aliphatic carbocycles. The molecular formula is C12H18N4O3. The molecule has 1 aliphatic rings. The van der Waals surface area contributed by atoms with Gasteiger partial charge in [-0.2, -0.15) is 0 Å². The van der Waals surface area contributed by atoms with Gasteiger partial charge in [-0.15, -0.1) is 0 Å². The van der Waals surface area contributed by atoms with Gasteiger partial charge >= 0.3 is 5.69 Å². The van der Waals surface area contributed by atoms with Crippen LogP contribution >= 0.6 is 0 Å². The molecular weight excluding hydrogens is 248 g/mol. The fourth-order valence-electron chi connectivity index (χ4n) is 2.12. The summed E-state index contributed by atoms with van der Waals surface area (Å²) < 4.78 is 1.31. The third-order valence-electron chi connectivity index (χ3n) is 3.23. The number of rotatable bonds is 4. The van der Waals surface area contributed by atoms with Crippen molar-refractivity contribution >= 4 is 5.91 Å². The SMILES string of the molecule is O=C(Cn1cccnc1=O)N1CCN(CCO)CC1. The Balaban J connectivity index is 1.88. The van der Waals surface area contributed by atoms with E-state index < -0.39 is 5.69 Å². The average molecular weight is 266 g/mol. The second-order valence-electron chi connectivity index (χ2n) is 4.48. The second kappa shape index (κ2) is 6.44. The topological polar surface area (TPSA) is 78.7 Å². The highest BCUT2D eigenvalue weighted by Crippen LogP contribution is 2.02. The third kappa shape index (κ3) is 3.62. The zero-order valence-electron chi connectivity index (χ0n) is 10.7. The molecule has 7 heteroatoms. The number of amides is 1. The lowest BCUT2D eigenvalue weighted by molar-refractivity contribution is -0.133. The zero-order chi connectivity index (χ0) is 13.7. The molecule has 19 heavy (non-hydrogen) atoms. The maximum atomic E-state index is 12.1. The Morgan fingerprint density at radius 2 is 2.05 bits per heavy atom. The molecule has 1 saturated heterocycles. The fraction of sp³-hybridized carbons (Fsp3) is 0.583. The summed E-state index contributed by atoms with van der Waals surface area (Å²) in [6, 6.07) is 1.63. The van der Waals surface area contributed by atoms with E-state index >= 15 is 0 Å². The molecule has 0 unspecified atom stereocenters. The van der Waals surface area contributed by atoms with Crippen molar-refractivity contribution in [2.24, 2.45) is 0 Å². The Labute approximate surface area is 111 Å². The lowest BCUT2D eigenvalue weighted by Gasteiger charge is -2.34. The molecule has 2 rings (SSSR count). The van der Waals surface area contributed by atoms with E-state index in [0.717, 1.165) is 13.1 Å². The van der Waals surface area contributed by atoms with Crippen molar-refractivity contribution < 1.29 is 9.90 Å². The minimum Gasteiger partial charge on any atom is -0.395 e. The molecule has 1 aromatic heterocycles. The summed E-state index contributed by atoms with van der Waals surface area (Å²) >= 11 is 0. The van der Waals surface area contributed by atoms with Crippen LogP contribution in [0.25, 0.3) is 0 Å². The number of carbonyl (C=O) groups excluding carboxylic acids is 1. The van der Waals surface area contributed by atoms with Crippen molar-refractivity contribution in [2.75, 3.05) is 39.3 Å². The average Bonchev–Trinajstić information content (AvgIpc) is 2.42. The van der Waals surface area contributed by atoms with Crippen LogP contribution in [0.15, 0.2) is 23.3 Å². The van der Waals surface area contributed by atoms with Crippen molar-refractivity contribution in [3.8, 4) is 0 Å². The van der Waals surface area contributed by atoms with Crippen molar-refractivity contribution in [1.82, 2.24) is 19.4 Å². The molecule has 1 N–H and O–H groups in total. The van der Waals surface area contributed by atoms with Gasteiger partial charge in [0.2, 0.25) is 5.91 Å². The van der Waals surface area contributed by atoms with Gasteiger partial charge in [0.15, 0.2) is 0 Å². The summed E-state index contributed by atoms with van der Waals surface area (Å²) in [5, 5.41) is 8.85. The highest BCUT2D eigenvalue weighted by Gasteiger charge is 2.20. The molecule has 1 aliphatic heterocycles. The van der Waals surface area contributed by atoms with Gasteiger partial charge in [0.05, 0.1) is 6.61 Å². The van der Waals surface area contributed by atoms with Gasteiger partial charge < -0.3 is 10.0 Å². The smallest absolute Gasteiger partial charge is 0.347 e. The third-order valence-corrected chi connectivity index (χ3v) is 3.23. The van der Waals surface area contributed by atoms with Crippen LogP contribution < -0.4 is 5.69 Å². The molecule has 0 bridgehead atoms. The summed E-state index contributed by atoms with van der Waals surface area (Å²) in [5.41, 5.74) is -0.408. The van der Waals surface area contributed by atoms with Crippen LogP contribution in [0.2, 0.25) is 0 Å². The summed E-state index contributed by atoms with van der Waals surface area (Å²) in [5.74, 6) is -0.0706.